The van der Waals surface area contributed by atoms with Crippen molar-refractivity contribution in [2.75, 3.05) is 33.7 Å². The Kier molecular flexibility index (Phi) is 4.15. The van der Waals surface area contributed by atoms with Gasteiger partial charge in [0.05, 0.1) is 0 Å². The maximum Gasteiger partial charge on any atom is 0.0301 e. The molecule has 2 N–H and O–H groups in total. The Morgan fingerprint density at radius 2 is 2.00 bits per heavy atom. The lowest BCUT2D eigenvalue weighted by molar-refractivity contribution is 0.126. The Labute approximate surface area is 94.6 Å². The normalized spacial score (nSPS) is 32.2. The second kappa shape index (κ2) is 4.81. The highest BCUT2D eigenvalue weighted by atomic mass is 15.3. The maximum atomic E-state index is 5.91. The summed E-state index contributed by atoms with van der Waals surface area (Å²) >= 11 is 0. The van der Waals surface area contributed by atoms with Crippen molar-refractivity contribution in [3.63, 3.8) is 0 Å². The van der Waals surface area contributed by atoms with Crippen LogP contribution in [-0.4, -0.2) is 55.1 Å². The molecule has 1 heterocycles. The van der Waals surface area contributed by atoms with Crippen molar-refractivity contribution in [1.82, 2.24) is 9.80 Å². The van der Waals surface area contributed by atoms with Gasteiger partial charge in [0.2, 0.25) is 0 Å². The highest BCUT2D eigenvalue weighted by Crippen LogP contribution is 2.28. The number of rotatable bonds is 4. The second-order valence-electron chi connectivity index (χ2n) is 5.47. The number of nitrogens with two attached hydrogens (primary N) is 1. The summed E-state index contributed by atoms with van der Waals surface area (Å²) in [6, 6.07) is 0.683. The van der Waals surface area contributed by atoms with E-state index in [0.29, 0.717) is 6.04 Å². The predicted molar refractivity (Wildman–Crippen MR) is 66.0 cm³/mol. The fraction of sp³-hybridized carbons (Fsp3) is 1.00. The molecule has 1 rings (SSSR count). The molecule has 0 amide bonds. The fourth-order valence-electron chi connectivity index (χ4n) is 2.56. The maximum absolute atomic E-state index is 5.91. The van der Waals surface area contributed by atoms with Gasteiger partial charge in [-0.3, -0.25) is 4.90 Å². The molecule has 1 fully saturated rings. The van der Waals surface area contributed by atoms with Gasteiger partial charge in [-0.05, 0) is 33.4 Å². The third-order valence-electron chi connectivity index (χ3n) is 4.20. The van der Waals surface area contributed by atoms with Gasteiger partial charge in [0.15, 0.2) is 0 Å². The third kappa shape index (κ3) is 2.52. The molecule has 0 saturated carbocycles. The summed E-state index contributed by atoms with van der Waals surface area (Å²) in [5, 5.41) is 0. The van der Waals surface area contributed by atoms with Crippen molar-refractivity contribution in [3.8, 4) is 0 Å². The molecule has 1 saturated heterocycles. The predicted octanol–water partition coefficient (Wildman–Crippen LogP) is 0.996. The lowest BCUT2D eigenvalue weighted by atomic mass is 9.97. The van der Waals surface area contributed by atoms with Crippen LogP contribution in [0.4, 0.5) is 0 Å². The summed E-state index contributed by atoms with van der Waals surface area (Å²) in [6.45, 7) is 9.98. The summed E-state index contributed by atoms with van der Waals surface area (Å²) in [4.78, 5) is 4.92. The van der Waals surface area contributed by atoms with E-state index in [-0.39, 0.29) is 5.54 Å². The molecule has 3 nitrogen and oxygen atoms in total. The molecule has 0 aromatic heterocycles. The van der Waals surface area contributed by atoms with Crippen LogP contribution in [0.1, 0.15) is 27.2 Å². The number of likely N-dealkylation sites (N-methyl/N-ethyl adjacent to an activating group) is 1. The van der Waals surface area contributed by atoms with E-state index in [1.165, 1.54) is 6.54 Å². The van der Waals surface area contributed by atoms with Gasteiger partial charge in [-0.1, -0.05) is 13.8 Å². The molecule has 0 aromatic carbocycles. The van der Waals surface area contributed by atoms with Crippen molar-refractivity contribution < 1.29 is 0 Å². The average molecular weight is 213 g/mol. The largest absolute Gasteiger partial charge is 0.329 e. The SMILES string of the molecule is CCC(C)(CN)N1CC(C)C(N(C)C)C1. The smallest absolute Gasteiger partial charge is 0.0301 e. The Hall–Kier alpha value is -0.120. The average Bonchev–Trinajstić information content (AvgIpc) is 2.59. The van der Waals surface area contributed by atoms with Crippen LogP contribution < -0.4 is 5.73 Å². The van der Waals surface area contributed by atoms with E-state index < -0.39 is 0 Å². The summed E-state index contributed by atoms with van der Waals surface area (Å²) in [5.74, 6) is 0.748. The zero-order valence-electron chi connectivity index (χ0n) is 11.0. The van der Waals surface area contributed by atoms with Crippen LogP contribution in [0.3, 0.4) is 0 Å². The minimum atomic E-state index is 0.193. The minimum absolute atomic E-state index is 0.193. The first-order chi connectivity index (χ1) is 6.94. The third-order valence-corrected chi connectivity index (χ3v) is 4.20. The molecule has 1 aliphatic rings. The van der Waals surface area contributed by atoms with Gasteiger partial charge in [-0.15, -0.1) is 0 Å². The molecule has 3 heteroatoms. The molecule has 90 valence electrons. The molecule has 3 unspecified atom stereocenters. The number of hydrogen-bond donors (Lipinski definition) is 1. The lowest BCUT2D eigenvalue weighted by Crippen LogP contribution is -2.51. The van der Waals surface area contributed by atoms with Crippen LogP contribution in [0.15, 0.2) is 0 Å². The van der Waals surface area contributed by atoms with Crippen LogP contribution in [0, 0.1) is 5.92 Å². The van der Waals surface area contributed by atoms with Gasteiger partial charge in [-0.25, -0.2) is 0 Å². The first kappa shape index (κ1) is 12.9. The summed E-state index contributed by atoms with van der Waals surface area (Å²) in [5.41, 5.74) is 6.10. The van der Waals surface area contributed by atoms with Crippen LogP contribution in [0.25, 0.3) is 0 Å². The van der Waals surface area contributed by atoms with Gasteiger partial charge in [-0.2, -0.15) is 0 Å². The Morgan fingerprint density at radius 1 is 1.40 bits per heavy atom. The summed E-state index contributed by atoms with van der Waals surface area (Å²) in [7, 11) is 4.35. The molecule has 0 aliphatic carbocycles. The van der Waals surface area contributed by atoms with E-state index in [4.69, 9.17) is 5.73 Å². The summed E-state index contributed by atoms with van der Waals surface area (Å²) in [6.07, 6.45) is 1.14. The van der Waals surface area contributed by atoms with E-state index in [1.807, 2.05) is 0 Å². The van der Waals surface area contributed by atoms with Gasteiger partial charge >= 0.3 is 0 Å². The van der Waals surface area contributed by atoms with E-state index in [0.717, 1.165) is 25.4 Å². The summed E-state index contributed by atoms with van der Waals surface area (Å²) < 4.78 is 0. The molecule has 3 atom stereocenters. The van der Waals surface area contributed by atoms with E-state index in [1.54, 1.807) is 0 Å². The Morgan fingerprint density at radius 3 is 2.33 bits per heavy atom. The van der Waals surface area contributed by atoms with Gasteiger partial charge in [0.25, 0.3) is 0 Å². The molecule has 0 spiro atoms. The van der Waals surface area contributed by atoms with Crippen molar-refractivity contribution in [3.05, 3.63) is 0 Å². The lowest BCUT2D eigenvalue weighted by Gasteiger charge is -2.37. The molecular weight excluding hydrogens is 186 g/mol. The first-order valence-corrected chi connectivity index (χ1v) is 6.06. The van der Waals surface area contributed by atoms with Crippen molar-refractivity contribution in [2.45, 2.75) is 38.8 Å². The molecule has 15 heavy (non-hydrogen) atoms. The second-order valence-corrected chi connectivity index (χ2v) is 5.47. The fourth-order valence-corrected chi connectivity index (χ4v) is 2.56. The zero-order chi connectivity index (χ0) is 11.6. The van der Waals surface area contributed by atoms with Crippen molar-refractivity contribution >= 4 is 0 Å². The molecular formula is C12H27N3. The highest BCUT2D eigenvalue weighted by Gasteiger charge is 2.39. The quantitative estimate of drug-likeness (QED) is 0.756. The molecule has 0 aromatic rings. The van der Waals surface area contributed by atoms with Crippen LogP contribution in [-0.2, 0) is 0 Å². The van der Waals surface area contributed by atoms with E-state index in [2.05, 4.69) is 44.7 Å². The van der Waals surface area contributed by atoms with Crippen molar-refractivity contribution in [2.24, 2.45) is 11.7 Å². The monoisotopic (exact) mass is 213 g/mol. The topological polar surface area (TPSA) is 32.5 Å². The Balaban J connectivity index is 2.68. The Bertz CT molecular complexity index is 199. The standard InChI is InChI=1S/C12H27N3/c1-6-12(3,9-13)15-7-10(2)11(8-15)14(4)5/h10-11H,6-9,13H2,1-5H3. The van der Waals surface area contributed by atoms with Crippen LogP contribution in [0.2, 0.25) is 0 Å². The van der Waals surface area contributed by atoms with Gasteiger partial charge in [0, 0.05) is 31.2 Å². The number of nitrogens with zero attached hydrogens (tertiary/aromatic N) is 2. The highest BCUT2D eigenvalue weighted by molar-refractivity contribution is 4.96. The van der Waals surface area contributed by atoms with Gasteiger partial charge in [0.1, 0.15) is 0 Å². The number of hydrogen-bond acceptors (Lipinski definition) is 3. The molecule has 0 bridgehead atoms. The van der Waals surface area contributed by atoms with Crippen LogP contribution >= 0.6 is 0 Å². The first-order valence-electron chi connectivity index (χ1n) is 6.06. The van der Waals surface area contributed by atoms with Crippen LogP contribution in [0.5, 0.6) is 0 Å². The van der Waals surface area contributed by atoms with E-state index in [9.17, 15) is 0 Å². The van der Waals surface area contributed by atoms with Gasteiger partial charge < -0.3 is 10.6 Å². The minimum Gasteiger partial charge on any atom is -0.329 e. The molecule has 0 radical (unpaired) electrons. The zero-order valence-corrected chi connectivity index (χ0v) is 11.0. The molecule has 1 aliphatic heterocycles. The van der Waals surface area contributed by atoms with E-state index >= 15 is 0 Å². The van der Waals surface area contributed by atoms with Crippen molar-refractivity contribution in [1.29, 1.82) is 0 Å². The number of likely N-dealkylation sites (tertiary alicyclic amines) is 1.